The number of carbonyl (C=O) groups is 2. The molecule has 0 bridgehead atoms. The van der Waals surface area contributed by atoms with Gasteiger partial charge in [-0.15, -0.1) is 11.3 Å². The van der Waals surface area contributed by atoms with Crippen LogP contribution in [0.15, 0.2) is 0 Å². The van der Waals surface area contributed by atoms with Gasteiger partial charge < -0.3 is 10.4 Å². The van der Waals surface area contributed by atoms with Crippen molar-refractivity contribution in [3.63, 3.8) is 0 Å². The average molecular weight is 256 g/mol. The minimum atomic E-state index is -1.03. The van der Waals surface area contributed by atoms with Crippen LogP contribution < -0.4 is 5.32 Å². The van der Waals surface area contributed by atoms with E-state index in [1.165, 1.54) is 11.3 Å². The summed E-state index contributed by atoms with van der Waals surface area (Å²) in [6.07, 6.45) is 0.468. The molecule has 1 amide bonds. The highest BCUT2D eigenvalue weighted by Crippen LogP contribution is 2.17. The van der Waals surface area contributed by atoms with E-state index >= 15 is 0 Å². The molecule has 5 nitrogen and oxygen atoms in total. The first-order valence-electron chi connectivity index (χ1n) is 5.36. The zero-order valence-corrected chi connectivity index (χ0v) is 10.9. The second-order valence-electron chi connectivity index (χ2n) is 4.19. The zero-order chi connectivity index (χ0) is 13.0. The lowest BCUT2D eigenvalue weighted by Crippen LogP contribution is -2.23. The lowest BCUT2D eigenvalue weighted by Gasteiger charge is -2.04. The molecule has 1 aromatic heterocycles. The van der Waals surface area contributed by atoms with E-state index in [2.05, 4.69) is 10.3 Å². The highest BCUT2D eigenvalue weighted by atomic mass is 32.1. The Morgan fingerprint density at radius 1 is 1.47 bits per heavy atom. The number of carbonyl (C=O) groups excluding carboxylic acids is 1. The van der Waals surface area contributed by atoms with Gasteiger partial charge in [-0.1, -0.05) is 13.8 Å². The third-order valence-corrected chi connectivity index (χ3v) is 3.04. The summed E-state index contributed by atoms with van der Waals surface area (Å²) in [4.78, 5) is 26.8. The Bertz CT molecular complexity index is 426. The molecule has 0 aliphatic heterocycles. The molecule has 1 rings (SSSR count). The van der Waals surface area contributed by atoms with Crippen molar-refractivity contribution in [2.75, 3.05) is 0 Å². The molecule has 0 radical (unpaired) electrons. The summed E-state index contributed by atoms with van der Waals surface area (Å²) < 4.78 is 0. The summed E-state index contributed by atoms with van der Waals surface area (Å²) in [6, 6.07) is 0. The van der Waals surface area contributed by atoms with E-state index in [0.29, 0.717) is 28.8 Å². The number of hydrogen-bond acceptors (Lipinski definition) is 4. The van der Waals surface area contributed by atoms with Gasteiger partial charge in [-0.05, 0) is 12.8 Å². The van der Waals surface area contributed by atoms with Gasteiger partial charge in [0.15, 0.2) is 5.69 Å². The fraction of sp³-hybridized carbons (Fsp3) is 0.545. The molecule has 2 N–H and O–H groups in total. The van der Waals surface area contributed by atoms with Gasteiger partial charge in [-0.3, -0.25) is 4.79 Å². The van der Waals surface area contributed by atoms with Gasteiger partial charge in [0.1, 0.15) is 5.01 Å². The first-order chi connectivity index (χ1) is 7.90. The second-order valence-corrected chi connectivity index (χ2v) is 5.48. The normalized spacial score (nSPS) is 10.6. The van der Waals surface area contributed by atoms with Gasteiger partial charge >= 0.3 is 5.97 Å². The van der Waals surface area contributed by atoms with Gasteiger partial charge in [0, 0.05) is 11.3 Å². The molecule has 0 unspecified atom stereocenters. The molecule has 17 heavy (non-hydrogen) atoms. The minimum Gasteiger partial charge on any atom is -0.476 e. The summed E-state index contributed by atoms with van der Waals surface area (Å²) >= 11 is 1.30. The monoisotopic (exact) mass is 256 g/mol. The van der Waals surface area contributed by atoms with E-state index in [1.54, 1.807) is 6.92 Å². The number of aromatic carboxylic acids is 1. The molecule has 0 saturated heterocycles. The van der Waals surface area contributed by atoms with Crippen LogP contribution in [0.4, 0.5) is 0 Å². The maximum atomic E-state index is 11.4. The molecule has 0 aromatic carbocycles. The number of aryl methyl sites for hydroxylation is 1. The third-order valence-electron chi connectivity index (χ3n) is 2.07. The molecule has 94 valence electrons. The predicted octanol–water partition coefficient (Wildman–Crippen LogP) is 1.81. The Morgan fingerprint density at radius 2 is 2.12 bits per heavy atom. The maximum Gasteiger partial charge on any atom is 0.355 e. The second kappa shape index (κ2) is 5.77. The van der Waals surface area contributed by atoms with Crippen molar-refractivity contribution < 1.29 is 14.7 Å². The zero-order valence-electron chi connectivity index (χ0n) is 10.1. The van der Waals surface area contributed by atoms with Crippen molar-refractivity contribution in [2.24, 2.45) is 5.92 Å². The van der Waals surface area contributed by atoms with Crippen LogP contribution in [-0.2, 0) is 11.3 Å². The SMILES string of the molecule is Cc1sc(CNC(=O)CC(C)C)nc1C(=O)O. The van der Waals surface area contributed by atoms with Crippen LogP contribution in [0, 0.1) is 12.8 Å². The smallest absolute Gasteiger partial charge is 0.355 e. The van der Waals surface area contributed by atoms with Crippen molar-refractivity contribution in [3.8, 4) is 0 Å². The first-order valence-corrected chi connectivity index (χ1v) is 6.18. The number of nitrogens with zero attached hydrogens (tertiary/aromatic N) is 1. The fourth-order valence-corrected chi connectivity index (χ4v) is 2.21. The molecule has 0 saturated carbocycles. The lowest BCUT2D eigenvalue weighted by molar-refractivity contribution is -0.121. The van der Waals surface area contributed by atoms with E-state index in [1.807, 2.05) is 13.8 Å². The summed E-state index contributed by atoms with van der Waals surface area (Å²) in [5, 5.41) is 12.2. The quantitative estimate of drug-likeness (QED) is 0.842. The average Bonchev–Trinajstić information content (AvgIpc) is 2.56. The summed E-state index contributed by atoms with van der Waals surface area (Å²) in [5.74, 6) is -0.758. The topological polar surface area (TPSA) is 79.3 Å². The number of hydrogen-bond donors (Lipinski definition) is 2. The van der Waals surface area contributed by atoms with Gasteiger partial charge in [0.05, 0.1) is 6.54 Å². The van der Waals surface area contributed by atoms with Gasteiger partial charge in [-0.25, -0.2) is 9.78 Å². The van der Waals surface area contributed by atoms with E-state index in [9.17, 15) is 9.59 Å². The van der Waals surface area contributed by atoms with Gasteiger partial charge in [-0.2, -0.15) is 0 Å². The van der Waals surface area contributed by atoms with E-state index in [4.69, 9.17) is 5.11 Å². The fourth-order valence-electron chi connectivity index (χ4n) is 1.34. The standard InChI is InChI=1S/C11H16N2O3S/c1-6(2)4-8(14)12-5-9-13-10(11(15)16)7(3)17-9/h6H,4-5H2,1-3H3,(H,12,14)(H,15,16). The predicted molar refractivity (Wildman–Crippen MR) is 65.1 cm³/mol. The Hall–Kier alpha value is -1.43. The maximum absolute atomic E-state index is 11.4. The van der Waals surface area contributed by atoms with Gasteiger partial charge in [0.25, 0.3) is 0 Å². The highest BCUT2D eigenvalue weighted by molar-refractivity contribution is 7.11. The van der Waals surface area contributed by atoms with Crippen LogP contribution >= 0.6 is 11.3 Å². The van der Waals surface area contributed by atoms with E-state index in [0.717, 1.165) is 0 Å². The van der Waals surface area contributed by atoms with Crippen molar-refractivity contribution in [1.82, 2.24) is 10.3 Å². The van der Waals surface area contributed by atoms with Crippen LogP contribution in [0.1, 0.15) is 40.6 Å². The van der Waals surface area contributed by atoms with E-state index < -0.39 is 5.97 Å². The largest absolute Gasteiger partial charge is 0.476 e. The Labute approximate surface area is 104 Å². The van der Waals surface area contributed by atoms with Crippen molar-refractivity contribution >= 4 is 23.2 Å². The molecule has 0 fully saturated rings. The van der Waals surface area contributed by atoms with Crippen LogP contribution in [0.25, 0.3) is 0 Å². The first kappa shape index (κ1) is 13.6. The van der Waals surface area contributed by atoms with Crippen LogP contribution in [0.3, 0.4) is 0 Å². The Morgan fingerprint density at radius 3 is 2.59 bits per heavy atom. The number of carboxylic acids is 1. The number of carboxylic acid groups (broad SMARTS) is 1. The molecule has 6 heteroatoms. The van der Waals surface area contributed by atoms with Crippen LogP contribution in [0.2, 0.25) is 0 Å². The van der Waals surface area contributed by atoms with Crippen molar-refractivity contribution in [3.05, 3.63) is 15.6 Å². The van der Waals surface area contributed by atoms with Gasteiger partial charge in [0.2, 0.25) is 5.91 Å². The molecule has 0 atom stereocenters. The number of thiazole rings is 1. The number of nitrogens with one attached hydrogen (secondary N) is 1. The Kier molecular flexibility index (Phi) is 4.62. The van der Waals surface area contributed by atoms with Crippen molar-refractivity contribution in [1.29, 1.82) is 0 Å². The molecule has 0 spiro atoms. The van der Waals surface area contributed by atoms with E-state index in [-0.39, 0.29) is 11.6 Å². The third kappa shape index (κ3) is 4.14. The Balaban J connectivity index is 2.55. The highest BCUT2D eigenvalue weighted by Gasteiger charge is 2.14. The summed E-state index contributed by atoms with van der Waals surface area (Å²) in [6.45, 7) is 5.94. The molecule has 1 aromatic rings. The van der Waals surface area contributed by atoms with Crippen LogP contribution in [-0.4, -0.2) is 22.0 Å². The minimum absolute atomic E-state index is 0.0373. The molecule has 0 aliphatic rings. The number of rotatable bonds is 5. The molecular weight excluding hydrogens is 240 g/mol. The molecule has 0 aliphatic carbocycles. The molecular formula is C11H16N2O3S. The van der Waals surface area contributed by atoms with Crippen molar-refractivity contribution in [2.45, 2.75) is 33.7 Å². The summed E-state index contributed by atoms with van der Waals surface area (Å²) in [7, 11) is 0. The molecule has 1 heterocycles. The summed E-state index contributed by atoms with van der Waals surface area (Å²) in [5.41, 5.74) is 0.0723. The lowest BCUT2D eigenvalue weighted by atomic mass is 10.1. The van der Waals surface area contributed by atoms with Crippen LogP contribution in [0.5, 0.6) is 0 Å². The number of aromatic nitrogens is 1. The number of amides is 1.